The zero-order valence-electron chi connectivity index (χ0n) is 23.5. The highest BCUT2D eigenvalue weighted by atomic mass is 35.5. The van der Waals surface area contributed by atoms with Crippen molar-refractivity contribution in [2.45, 2.75) is 82.8 Å². The molecule has 1 N–H and O–H groups in total. The molecule has 3 aliphatic rings. The fourth-order valence-corrected chi connectivity index (χ4v) is 7.42. The Morgan fingerprint density at radius 2 is 1.91 bits per heavy atom. The van der Waals surface area contributed by atoms with Gasteiger partial charge in [-0.15, -0.1) is 0 Å². The summed E-state index contributed by atoms with van der Waals surface area (Å²) in [6.45, 7) is 3.70. The van der Waals surface area contributed by atoms with Gasteiger partial charge in [0.05, 0.1) is 35.8 Å². The first-order chi connectivity index (χ1) is 20.4. The number of alkyl halides is 3. The number of fused-ring (bicyclic) bond motifs is 2. The number of carbonyl (C=O) groups is 1. The van der Waals surface area contributed by atoms with Gasteiger partial charge in [-0.2, -0.15) is 13.2 Å². The van der Waals surface area contributed by atoms with Crippen LogP contribution in [0.5, 0.6) is 0 Å². The third kappa shape index (κ3) is 5.58. The van der Waals surface area contributed by atoms with E-state index >= 15 is 0 Å². The van der Waals surface area contributed by atoms with E-state index in [0.717, 1.165) is 24.2 Å². The van der Waals surface area contributed by atoms with Gasteiger partial charge in [-0.1, -0.05) is 41.3 Å². The minimum atomic E-state index is -4.89. The van der Waals surface area contributed by atoms with E-state index in [0.29, 0.717) is 40.6 Å². The van der Waals surface area contributed by atoms with Crippen LogP contribution in [0.25, 0.3) is 11.3 Å². The summed E-state index contributed by atoms with van der Waals surface area (Å²) >= 11 is 13.0. The normalized spacial score (nSPS) is 27.1. The number of benzene rings is 1. The summed E-state index contributed by atoms with van der Waals surface area (Å²) in [6.07, 6.45) is -2.65. The highest BCUT2D eigenvalue weighted by Gasteiger charge is 2.61. The first-order valence-electron chi connectivity index (χ1n) is 14.4. The number of hydrogen-bond acceptors (Lipinski definition) is 8. The topological polar surface area (TPSA) is 108 Å². The molecule has 3 aromatic rings. The molecule has 0 aliphatic heterocycles. The molecule has 0 radical (unpaired) electrons. The molecule has 3 saturated carbocycles. The van der Waals surface area contributed by atoms with Crippen molar-refractivity contribution in [3.63, 3.8) is 0 Å². The quantitative estimate of drug-likeness (QED) is 0.239. The minimum Gasteiger partial charge on any atom is -0.466 e. The van der Waals surface area contributed by atoms with E-state index < -0.39 is 53.3 Å². The average Bonchev–Trinajstić information content (AvgIpc) is 3.52. The van der Waals surface area contributed by atoms with E-state index in [1.165, 1.54) is 0 Å². The number of halogens is 5. The SMILES string of the molecule is CCOC(=O)Cc1nc([C@@]2(O)C3C[C@H](OCc4c(-c5c(Cl)cccc5Cl)noc4C4CC4)C[C@H]2C[C@@H]3C)oc1C(F)(F)F. The summed E-state index contributed by atoms with van der Waals surface area (Å²) in [5, 5.41) is 17.1. The molecule has 3 fully saturated rings. The number of aliphatic hydroxyl groups is 1. The lowest BCUT2D eigenvalue weighted by atomic mass is 9.72. The van der Waals surface area contributed by atoms with Crippen molar-refractivity contribution in [1.82, 2.24) is 10.1 Å². The summed E-state index contributed by atoms with van der Waals surface area (Å²) in [5.41, 5.74) is -0.473. The second kappa shape index (κ2) is 11.4. The number of esters is 1. The van der Waals surface area contributed by atoms with Crippen molar-refractivity contribution in [1.29, 1.82) is 0 Å². The lowest BCUT2D eigenvalue weighted by Crippen LogP contribution is -2.45. The number of ether oxygens (including phenoxy) is 2. The van der Waals surface area contributed by atoms with Crippen LogP contribution in [-0.2, 0) is 39.1 Å². The van der Waals surface area contributed by atoms with Crippen molar-refractivity contribution in [3.8, 4) is 11.3 Å². The monoisotopic (exact) mass is 642 g/mol. The number of rotatable bonds is 9. The van der Waals surface area contributed by atoms with Crippen LogP contribution in [0.15, 0.2) is 27.1 Å². The fraction of sp³-hybridized carbons (Fsp3) is 0.567. The first kappa shape index (κ1) is 30.4. The number of aromatic nitrogens is 2. The van der Waals surface area contributed by atoms with Gasteiger partial charge in [-0.25, -0.2) is 4.98 Å². The second-order valence-corrected chi connectivity index (χ2v) is 12.6. The molecule has 1 aromatic carbocycles. The standard InChI is InChI=1S/C30H31Cl2F3N2O6/c1-3-40-23(38)12-22-27(30(33,34)35)42-28(36-22)29(39)16-9-14(2)19(29)11-17(10-16)41-13-18-25(37-43-26(18)15-7-8-15)24-20(31)5-4-6-21(24)32/h4-6,14-17,19,39H,3,7-13H2,1-2H3/t14-,16+,17+,19?,29-/m0/s1. The van der Waals surface area contributed by atoms with Crippen molar-refractivity contribution in [2.75, 3.05) is 6.61 Å². The zero-order valence-corrected chi connectivity index (χ0v) is 25.1. The molecule has 43 heavy (non-hydrogen) atoms. The van der Waals surface area contributed by atoms with E-state index in [4.69, 9.17) is 41.6 Å². The Balaban J connectivity index is 1.25. The second-order valence-electron chi connectivity index (χ2n) is 11.8. The molecule has 5 atom stereocenters. The van der Waals surface area contributed by atoms with Crippen LogP contribution in [0.2, 0.25) is 10.0 Å². The van der Waals surface area contributed by atoms with Gasteiger partial charge < -0.3 is 23.5 Å². The molecule has 6 rings (SSSR count). The maximum absolute atomic E-state index is 13.9. The van der Waals surface area contributed by atoms with Crippen LogP contribution in [0.1, 0.15) is 80.5 Å². The molecule has 232 valence electrons. The summed E-state index contributed by atoms with van der Waals surface area (Å²) in [5.74, 6) is -2.66. The van der Waals surface area contributed by atoms with Crippen LogP contribution in [0, 0.1) is 17.8 Å². The molecular formula is C30H31Cl2F3N2O6. The fourth-order valence-electron chi connectivity index (χ4n) is 6.85. The van der Waals surface area contributed by atoms with Crippen molar-refractivity contribution < 1.29 is 41.5 Å². The number of nitrogens with zero attached hydrogens (tertiary/aromatic N) is 2. The van der Waals surface area contributed by atoms with Crippen LogP contribution < -0.4 is 0 Å². The summed E-state index contributed by atoms with van der Waals surface area (Å²) in [6, 6.07) is 5.20. The van der Waals surface area contributed by atoms with Gasteiger partial charge in [0.1, 0.15) is 22.7 Å². The van der Waals surface area contributed by atoms with Gasteiger partial charge in [0, 0.05) is 23.0 Å². The lowest BCUT2D eigenvalue weighted by molar-refractivity contribution is -0.161. The predicted octanol–water partition coefficient (Wildman–Crippen LogP) is 7.48. The first-order valence-corrected chi connectivity index (χ1v) is 15.2. The number of oxazole rings is 1. The van der Waals surface area contributed by atoms with E-state index in [9.17, 15) is 23.1 Å². The molecule has 0 spiro atoms. The Labute approximate surface area is 255 Å². The molecule has 2 bridgehead atoms. The van der Waals surface area contributed by atoms with Crippen molar-refractivity contribution in [3.05, 3.63) is 56.9 Å². The van der Waals surface area contributed by atoms with Gasteiger partial charge in [-0.05, 0) is 63.0 Å². The molecule has 2 heterocycles. The molecule has 0 saturated heterocycles. The van der Waals surface area contributed by atoms with Gasteiger partial charge in [0.2, 0.25) is 11.7 Å². The van der Waals surface area contributed by atoms with Gasteiger partial charge in [0.15, 0.2) is 0 Å². The van der Waals surface area contributed by atoms with E-state index in [-0.39, 0.29) is 31.2 Å². The maximum Gasteiger partial charge on any atom is 0.451 e. The molecule has 2 aromatic heterocycles. The predicted molar refractivity (Wildman–Crippen MR) is 148 cm³/mol. The maximum atomic E-state index is 13.9. The molecular weight excluding hydrogens is 612 g/mol. The molecule has 8 nitrogen and oxygen atoms in total. The summed E-state index contributed by atoms with van der Waals surface area (Å²) in [7, 11) is 0. The number of carbonyl (C=O) groups excluding carboxylic acids is 1. The smallest absolute Gasteiger partial charge is 0.451 e. The lowest BCUT2D eigenvalue weighted by Gasteiger charge is -2.41. The molecule has 1 unspecified atom stereocenters. The Kier molecular flexibility index (Phi) is 8.06. The third-order valence-electron chi connectivity index (χ3n) is 8.94. The van der Waals surface area contributed by atoms with Crippen LogP contribution in [0.3, 0.4) is 0 Å². The largest absolute Gasteiger partial charge is 0.466 e. The van der Waals surface area contributed by atoms with Crippen LogP contribution in [-0.4, -0.2) is 33.9 Å². The average molecular weight is 643 g/mol. The van der Waals surface area contributed by atoms with Crippen LogP contribution >= 0.6 is 23.2 Å². The highest BCUT2D eigenvalue weighted by Crippen LogP contribution is 2.58. The third-order valence-corrected chi connectivity index (χ3v) is 9.57. The Morgan fingerprint density at radius 1 is 1.19 bits per heavy atom. The Morgan fingerprint density at radius 3 is 2.53 bits per heavy atom. The van der Waals surface area contributed by atoms with Crippen molar-refractivity contribution in [2.24, 2.45) is 17.8 Å². The summed E-state index contributed by atoms with van der Waals surface area (Å²) < 4.78 is 63.8. The van der Waals surface area contributed by atoms with Crippen LogP contribution in [0.4, 0.5) is 13.2 Å². The molecule has 3 aliphatic carbocycles. The minimum absolute atomic E-state index is 0.0157. The van der Waals surface area contributed by atoms with Gasteiger partial charge in [0.25, 0.3) is 0 Å². The zero-order chi connectivity index (χ0) is 30.7. The summed E-state index contributed by atoms with van der Waals surface area (Å²) in [4.78, 5) is 16.1. The Bertz CT molecular complexity index is 1500. The number of hydrogen-bond donors (Lipinski definition) is 1. The molecule has 13 heteroatoms. The van der Waals surface area contributed by atoms with E-state index in [2.05, 4.69) is 10.1 Å². The molecule has 0 amide bonds. The van der Waals surface area contributed by atoms with Crippen molar-refractivity contribution >= 4 is 29.2 Å². The van der Waals surface area contributed by atoms with Gasteiger partial charge in [-0.3, -0.25) is 4.79 Å². The van der Waals surface area contributed by atoms with E-state index in [1.54, 1.807) is 25.1 Å². The highest BCUT2D eigenvalue weighted by molar-refractivity contribution is 6.39. The Hall–Kier alpha value is -2.60. The van der Waals surface area contributed by atoms with Gasteiger partial charge >= 0.3 is 12.1 Å². The van der Waals surface area contributed by atoms with E-state index in [1.807, 2.05) is 6.92 Å².